The predicted octanol–water partition coefficient (Wildman–Crippen LogP) is 0.993. The van der Waals surface area contributed by atoms with Crippen molar-refractivity contribution in [2.24, 2.45) is 16.9 Å². The Balaban J connectivity index is 0.000000720. The second-order valence-electron chi connectivity index (χ2n) is 4.23. The maximum absolute atomic E-state index is 6.09. The first-order chi connectivity index (χ1) is 5.26. The number of rotatable bonds is 0. The summed E-state index contributed by atoms with van der Waals surface area (Å²) in [6, 6.07) is 0.806. The molecule has 0 amide bonds. The molecule has 2 rings (SSSR count). The van der Waals surface area contributed by atoms with E-state index in [-0.39, 0.29) is 21.1 Å². The van der Waals surface area contributed by atoms with Crippen LogP contribution in [0.1, 0.15) is 38.5 Å². The van der Waals surface area contributed by atoms with Gasteiger partial charge in [-0.3, -0.25) is 0 Å². The number of hydrogen-bond donors (Lipinski definition) is 2. The topological polar surface area (TPSA) is 52.0 Å². The molecule has 0 aromatic heterocycles. The summed E-state index contributed by atoms with van der Waals surface area (Å²) in [5.41, 5.74) is 12.5. The summed E-state index contributed by atoms with van der Waals surface area (Å²) >= 11 is 0. The molecule has 3 heteroatoms. The van der Waals surface area contributed by atoms with Gasteiger partial charge in [0.15, 0.2) is 0 Å². The van der Waals surface area contributed by atoms with E-state index in [1.807, 2.05) is 0 Å². The zero-order valence-corrected chi connectivity index (χ0v) is 9.64. The van der Waals surface area contributed by atoms with Crippen molar-refractivity contribution in [3.05, 3.63) is 0 Å². The third-order valence-corrected chi connectivity index (χ3v) is 3.79. The van der Waals surface area contributed by atoms with Gasteiger partial charge in [-0.15, -0.1) is 0 Å². The van der Waals surface area contributed by atoms with Crippen LogP contribution >= 0.6 is 0 Å². The minimum atomic E-state index is 0. The van der Waals surface area contributed by atoms with Gasteiger partial charge in [0, 0.05) is 38.6 Å². The van der Waals surface area contributed by atoms with Gasteiger partial charge in [-0.2, -0.15) is 0 Å². The summed E-state index contributed by atoms with van der Waals surface area (Å²) in [6.45, 7) is 0. The molecule has 2 fully saturated rings. The Morgan fingerprint density at radius 2 is 1.33 bits per heavy atom. The molecule has 0 heterocycles. The molecule has 2 atom stereocenters. The van der Waals surface area contributed by atoms with E-state index in [2.05, 4.69) is 0 Å². The van der Waals surface area contributed by atoms with Crippen LogP contribution in [-0.2, 0) is 21.1 Å². The molecule has 2 aliphatic carbocycles. The Morgan fingerprint density at radius 3 is 1.58 bits per heavy atom. The number of nitrogens with two attached hydrogens (primary N) is 2. The molecule has 0 aliphatic heterocycles. The standard InChI is InChI=1S/C9H18N2.Pt/c10-7-3-1-5-9(7)6-2-4-8(9)11;/h7-8H,1-6,10-11H2;/t7-,8-,9?;/m1./s1. The SMILES string of the molecule is N[C@@H]1CCCC12CCC[C@H]2N.[Pt]. The first kappa shape index (κ1) is 10.7. The van der Waals surface area contributed by atoms with Crippen molar-refractivity contribution >= 4 is 0 Å². The van der Waals surface area contributed by atoms with Gasteiger partial charge in [0.1, 0.15) is 0 Å². The van der Waals surface area contributed by atoms with Crippen LogP contribution in [0.3, 0.4) is 0 Å². The van der Waals surface area contributed by atoms with E-state index >= 15 is 0 Å². The molecule has 12 heavy (non-hydrogen) atoms. The van der Waals surface area contributed by atoms with Crippen LogP contribution in [0.5, 0.6) is 0 Å². The van der Waals surface area contributed by atoms with Gasteiger partial charge in [0.2, 0.25) is 0 Å². The zero-order chi connectivity index (χ0) is 7.90. The van der Waals surface area contributed by atoms with Crippen molar-refractivity contribution < 1.29 is 21.1 Å². The molecular formula is C9H18N2Pt. The third-order valence-electron chi connectivity index (χ3n) is 3.79. The summed E-state index contributed by atoms with van der Waals surface area (Å²) in [7, 11) is 0. The molecule has 0 aromatic carbocycles. The molecule has 0 radical (unpaired) electrons. The van der Waals surface area contributed by atoms with Crippen molar-refractivity contribution in [3.8, 4) is 0 Å². The van der Waals surface area contributed by atoms with Gasteiger partial charge >= 0.3 is 0 Å². The Bertz CT molecular complexity index is 143. The molecule has 4 N–H and O–H groups in total. The molecule has 1 spiro atoms. The zero-order valence-electron chi connectivity index (χ0n) is 7.37. The van der Waals surface area contributed by atoms with E-state index in [4.69, 9.17) is 11.5 Å². The maximum atomic E-state index is 6.09. The number of hydrogen-bond acceptors (Lipinski definition) is 2. The molecule has 0 bridgehead atoms. The van der Waals surface area contributed by atoms with E-state index in [1.165, 1.54) is 38.5 Å². The Hall–Kier alpha value is 0.608. The monoisotopic (exact) mass is 349 g/mol. The molecule has 0 saturated heterocycles. The van der Waals surface area contributed by atoms with Gasteiger partial charge in [-0.25, -0.2) is 0 Å². The van der Waals surface area contributed by atoms with E-state index in [9.17, 15) is 0 Å². The molecule has 2 nitrogen and oxygen atoms in total. The molecule has 2 aliphatic rings. The molecular weight excluding hydrogens is 331 g/mol. The van der Waals surface area contributed by atoms with Gasteiger partial charge < -0.3 is 11.5 Å². The predicted molar refractivity (Wildman–Crippen MR) is 46.1 cm³/mol. The maximum Gasteiger partial charge on any atom is 0.0110 e. The van der Waals surface area contributed by atoms with Crippen LogP contribution in [0.15, 0.2) is 0 Å². The van der Waals surface area contributed by atoms with Crippen LogP contribution in [0, 0.1) is 5.41 Å². The molecule has 0 aromatic rings. The van der Waals surface area contributed by atoms with Crippen molar-refractivity contribution in [2.45, 2.75) is 50.6 Å². The summed E-state index contributed by atoms with van der Waals surface area (Å²) < 4.78 is 0. The largest absolute Gasteiger partial charge is 0.327 e. The summed E-state index contributed by atoms with van der Waals surface area (Å²) in [4.78, 5) is 0. The fourth-order valence-electron chi connectivity index (χ4n) is 3.02. The Kier molecular flexibility index (Phi) is 3.36. The second kappa shape index (κ2) is 3.77. The summed E-state index contributed by atoms with van der Waals surface area (Å²) in [6.07, 6.45) is 7.58. The smallest absolute Gasteiger partial charge is 0.0110 e. The molecule has 2 saturated carbocycles. The van der Waals surface area contributed by atoms with Crippen molar-refractivity contribution in [1.29, 1.82) is 0 Å². The third kappa shape index (κ3) is 1.38. The van der Waals surface area contributed by atoms with Crippen LogP contribution < -0.4 is 11.5 Å². The van der Waals surface area contributed by atoms with Gasteiger partial charge in [-0.05, 0) is 25.7 Å². The quantitative estimate of drug-likeness (QED) is 0.685. The van der Waals surface area contributed by atoms with Crippen LogP contribution in [0.25, 0.3) is 0 Å². The average molecular weight is 349 g/mol. The Labute approximate surface area is 88.7 Å². The van der Waals surface area contributed by atoms with Crippen molar-refractivity contribution in [2.75, 3.05) is 0 Å². The first-order valence-electron chi connectivity index (χ1n) is 4.77. The van der Waals surface area contributed by atoms with Gasteiger partial charge in [0.05, 0.1) is 0 Å². The second-order valence-corrected chi connectivity index (χ2v) is 4.23. The van der Waals surface area contributed by atoms with E-state index in [0.29, 0.717) is 17.5 Å². The average Bonchev–Trinajstić information content (AvgIpc) is 2.48. The van der Waals surface area contributed by atoms with E-state index < -0.39 is 0 Å². The van der Waals surface area contributed by atoms with Crippen LogP contribution in [0.2, 0.25) is 0 Å². The van der Waals surface area contributed by atoms with Crippen molar-refractivity contribution in [1.82, 2.24) is 0 Å². The fraction of sp³-hybridized carbons (Fsp3) is 1.00. The van der Waals surface area contributed by atoms with E-state index in [0.717, 1.165) is 0 Å². The van der Waals surface area contributed by atoms with Crippen LogP contribution in [0.4, 0.5) is 0 Å². The first-order valence-corrected chi connectivity index (χ1v) is 4.77. The van der Waals surface area contributed by atoms with Gasteiger partial charge in [-0.1, -0.05) is 12.8 Å². The minimum absolute atomic E-state index is 0. The van der Waals surface area contributed by atoms with E-state index in [1.54, 1.807) is 0 Å². The van der Waals surface area contributed by atoms with Crippen molar-refractivity contribution in [3.63, 3.8) is 0 Å². The summed E-state index contributed by atoms with van der Waals surface area (Å²) in [5, 5.41) is 0. The fourth-order valence-corrected chi connectivity index (χ4v) is 3.02. The molecule has 0 unspecified atom stereocenters. The summed E-state index contributed by atoms with van der Waals surface area (Å²) in [5.74, 6) is 0. The Morgan fingerprint density at radius 1 is 0.917 bits per heavy atom. The molecule has 74 valence electrons. The normalized spacial score (nSPS) is 38.5. The minimum Gasteiger partial charge on any atom is -0.327 e. The van der Waals surface area contributed by atoms with Gasteiger partial charge in [0.25, 0.3) is 0 Å². The van der Waals surface area contributed by atoms with Crippen LogP contribution in [-0.4, -0.2) is 12.1 Å².